The van der Waals surface area contributed by atoms with Gasteiger partial charge < -0.3 is 8.98 Å². The van der Waals surface area contributed by atoms with Crippen molar-refractivity contribution in [3.8, 4) is 17.4 Å². The Labute approximate surface area is 214 Å². The molecule has 0 spiro atoms. The van der Waals surface area contributed by atoms with E-state index in [2.05, 4.69) is 38.8 Å². The molecule has 0 aliphatic carbocycles. The molecular weight excluding hydrogens is 526 g/mol. The van der Waals surface area contributed by atoms with Crippen LogP contribution < -0.4 is 14.8 Å². The maximum absolute atomic E-state index is 13.3. The summed E-state index contributed by atoms with van der Waals surface area (Å²) in [5.41, 5.74) is 1.09. The lowest BCUT2D eigenvalue weighted by molar-refractivity contribution is 0.571. The molecule has 0 amide bonds. The van der Waals surface area contributed by atoms with E-state index in [0.29, 0.717) is 32.1 Å². The predicted molar refractivity (Wildman–Crippen MR) is 139 cm³/mol. The number of thiazole rings is 1. The van der Waals surface area contributed by atoms with Crippen LogP contribution in [0.15, 0.2) is 62.7 Å². The second kappa shape index (κ2) is 10.0. The second-order valence-electron chi connectivity index (χ2n) is 8.22. The predicted octanol–water partition coefficient (Wildman–Crippen LogP) is 3.99. The van der Waals surface area contributed by atoms with Crippen LogP contribution in [0.3, 0.4) is 0 Å². The van der Waals surface area contributed by atoms with E-state index in [1.807, 2.05) is 41.0 Å². The standard InChI is InChI=1S/C26H22BrN5O2S/c1-2-13-32-25(33)22(15-19-11-12-21(34-19)17-7-9-18(27)10-8-17)35-26(32)20(16-28)24-30-29-23-6-4-3-5-14-31(23)24/h2,7-12,15H,1,3-6,13-14H2. The Balaban J connectivity index is 1.65. The van der Waals surface area contributed by atoms with Gasteiger partial charge in [-0.05, 0) is 37.1 Å². The minimum absolute atomic E-state index is 0.199. The molecule has 7 nitrogen and oxygen atoms in total. The normalized spacial score (nSPS) is 14.8. The SMILES string of the molecule is C=CCn1c(=C(C#N)c2nnc3n2CCCCC3)sc(=Cc2ccc(-c3ccc(Br)cc3)o2)c1=O. The first-order chi connectivity index (χ1) is 17.1. The molecule has 0 atom stereocenters. The zero-order valence-corrected chi connectivity index (χ0v) is 21.3. The third kappa shape index (κ3) is 4.59. The van der Waals surface area contributed by atoms with E-state index in [9.17, 15) is 10.1 Å². The number of benzene rings is 1. The molecule has 0 radical (unpaired) electrons. The van der Waals surface area contributed by atoms with Crippen molar-refractivity contribution < 1.29 is 4.42 Å². The van der Waals surface area contributed by atoms with E-state index in [1.165, 1.54) is 11.3 Å². The number of hydrogen-bond donors (Lipinski definition) is 0. The average Bonchev–Trinajstić information content (AvgIpc) is 3.51. The number of aryl methyl sites for hydroxylation is 1. The minimum Gasteiger partial charge on any atom is -0.457 e. The first-order valence-electron chi connectivity index (χ1n) is 11.3. The molecule has 35 heavy (non-hydrogen) atoms. The first-order valence-corrected chi connectivity index (χ1v) is 12.9. The molecule has 1 aliphatic heterocycles. The van der Waals surface area contributed by atoms with Crippen molar-refractivity contribution in [3.05, 3.63) is 90.5 Å². The number of furan rings is 1. The Morgan fingerprint density at radius 2 is 2.03 bits per heavy atom. The number of fused-ring (bicyclic) bond motifs is 1. The highest BCUT2D eigenvalue weighted by Crippen LogP contribution is 2.24. The summed E-state index contributed by atoms with van der Waals surface area (Å²) in [5.74, 6) is 2.68. The minimum atomic E-state index is -0.199. The average molecular weight is 548 g/mol. The van der Waals surface area contributed by atoms with Gasteiger partial charge >= 0.3 is 0 Å². The quantitative estimate of drug-likeness (QED) is 0.352. The monoisotopic (exact) mass is 547 g/mol. The fraction of sp³-hybridized carbons (Fsp3) is 0.231. The van der Waals surface area contributed by atoms with Crippen molar-refractivity contribution in [3.63, 3.8) is 0 Å². The third-order valence-electron chi connectivity index (χ3n) is 5.91. The van der Waals surface area contributed by atoms with E-state index < -0.39 is 0 Å². The molecule has 4 aromatic rings. The molecule has 0 N–H and O–H groups in total. The Morgan fingerprint density at radius 3 is 2.80 bits per heavy atom. The number of hydrogen-bond acceptors (Lipinski definition) is 6. The van der Waals surface area contributed by atoms with E-state index in [0.717, 1.165) is 48.1 Å². The molecule has 0 saturated carbocycles. The van der Waals surface area contributed by atoms with Gasteiger partial charge in [0.15, 0.2) is 5.82 Å². The van der Waals surface area contributed by atoms with Gasteiger partial charge in [0.05, 0.1) is 4.53 Å². The highest BCUT2D eigenvalue weighted by Gasteiger charge is 2.20. The fourth-order valence-corrected chi connectivity index (χ4v) is 5.54. The lowest BCUT2D eigenvalue weighted by Gasteiger charge is -2.06. The van der Waals surface area contributed by atoms with Gasteiger partial charge in [-0.1, -0.05) is 40.6 Å². The van der Waals surface area contributed by atoms with E-state index in [4.69, 9.17) is 4.42 Å². The third-order valence-corrected chi connectivity index (χ3v) is 7.57. The van der Waals surface area contributed by atoms with Gasteiger partial charge in [0.25, 0.3) is 5.56 Å². The van der Waals surface area contributed by atoms with Gasteiger partial charge in [-0.25, -0.2) is 0 Å². The Morgan fingerprint density at radius 1 is 1.20 bits per heavy atom. The molecule has 4 heterocycles. The maximum atomic E-state index is 13.3. The number of halogens is 1. The summed E-state index contributed by atoms with van der Waals surface area (Å²) in [7, 11) is 0. The summed E-state index contributed by atoms with van der Waals surface area (Å²) in [6, 6.07) is 13.8. The van der Waals surface area contributed by atoms with Crippen molar-refractivity contribution in [1.29, 1.82) is 5.26 Å². The summed E-state index contributed by atoms with van der Waals surface area (Å²) in [5, 5.41) is 18.8. The van der Waals surface area contributed by atoms with E-state index >= 15 is 0 Å². The van der Waals surface area contributed by atoms with E-state index in [-0.39, 0.29) is 12.1 Å². The van der Waals surface area contributed by atoms with Crippen LogP contribution in [0.1, 0.15) is 36.7 Å². The molecule has 9 heteroatoms. The molecule has 5 rings (SSSR count). The molecule has 0 fully saturated rings. The molecule has 0 unspecified atom stereocenters. The summed E-state index contributed by atoms with van der Waals surface area (Å²) in [6.07, 6.45) is 7.41. The van der Waals surface area contributed by atoms with Crippen LogP contribution in [0.5, 0.6) is 0 Å². The van der Waals surface area contributed by atoms with Crippen LogP contribution in [0, 0.1) is 11.3 Å². The van der Waals surface area contributed by atoms with Crippen LogP contribution >= 0.6 is 27.3 Å². The Hall–Kier alpha value is -3.48. The van der Waals surface area contributed by atoms with Gasteiger partial charge in [0, 0.05) is 35.6 Å². The topological polar surface area (TPSA) is 89.6 Å². The first kappa shape index (κ1) is 23.3. The largest absolute Gasteiger partial charge is 0.457 e. The Kier molecular flexibility index (Phi) is 6.66. The highest BCUT2D eigenvalue weighted by molar-refractivity contribution is 9.10. The molecule has 0 bridgehead atoms. The fourth-order valence-electron chi connectivity index (χ4n) is 4.19. The zero-order valence-electron chi connectivity index (χ0n) is 18.9. The van der Waals surface area contributed by atoms with E-state index in [1.54, 1.807) is 16.7 Å². The highest BCUT2D eigenvalue weighted by atomic mass is 79.9. The van der Waals surface area contributed by atoms with Crippen LogP contribution in [0.25, 0.3) is 23.0 Å². The maximum Gasteiger partial charge on any atom is 0.269 e. The number of aromatic nitrogens is 4. The summed E-state index contributed by atoms with van der Waals surface area (Å²) in [4.78, 5) is 13.3. The Bertz CT molecular complexity index is 1620. The van der Waals surface area contributed by atoms with Gasteiger partial charge in [-0.2, -0.15) is 5.26 Å². The lowest BCUT2D eigenvalue weighted by Crippen LogP contribution is -2.32. The summed E-state index contributed by atoms with van der Waals surface area (Å²) >= 11 is 4.69. The van der Waals surface area contributed by atoms with Crippen molar-refractivity contribution >= 4 is 38.9 Å². The number of nitriles is 1. The van der Waals surface area contributed by atoms with Crippen LogP contribution in [-0.4, -0.2) is 19.3 Å². The number of rotatable bonds is 5. The molecule has 0 saturated heterocycles. The molecule has 1 aromatic carbocycles. The summed E-state index contributed by atoms with van der Waals surface area (Å²) < 4.78 is 11.6. The zero-order chi connectivity index (χ0) is 24.4. The van der Waals surface area contributed by atoms with Crippen molar-refractivity contribution in [2.24, 2.45) is 0 Å². The second-order valence-corrected chi connectivity index (χ2v) is 10.2. The van der Waals surface area contributed by atoms with Crippen LogP contribution in [0.4, 0.5) is 0 Å². The molecule has 176 valence electrons. The number of allylic oxidation sites excluding steroid dienone is 1. The number of nitrogens with zero attached hydrogens (tertiary/aromatic N) is 5. The summed E-state index contributed by atoms with van der Waals surface area (Å²) in [6.45, 7) is 4.85. The lowest BCUT2D eigenvalue weighted by atomic mass is 10.2. The van der Waals surface area contributed by atoms with Crippen molar-refractivity contribution in [2.75, 3.05) is 0 Å². The smallest absolute Gasteiger partial charge is 0.269 e. The molecule has 3 aromatic heterocycles. The molecular formula is C26H22BrN5O2S. The van der Waals surface area contributed by atoms with Gasteiger partial charge in [0.1, 0.15) is 33.7 Å². The van der Waals surface area contributed by atoms with Crippen molar-refractivity contribution in [1.82, 2.24) is 19.3 Å². The van der Waals surface area contributed by atoms with Gasteiger partial charge in [0.2, 0.25) is 0 Å². The molecule has 1 aliphatic rings. The van der Waals surface area contributed by atoms with Gasteiger partial charge in [-0.15, -0.1) is 28.1 Å². The van der Waals surface area contributed by atoms with Crippen LogP contribution in [-0.2, 0) is 19.5 Å². The van der Waals surface area contributed by atoms with Crippen molar-refractivity contribution in [2.45, 2.75) is 38.8 Å². The van der Waals surface area contributed by atoms with Crippen LogP contribution in [0.2, 0.25) is 0 Å². The van der Waals surface area contributed by atoms with Gasteiger partial charge in [-0.3, -0.25) is 9.36 Å².